The molecule has 0 aromatic heterocycles. The van der Waals surface area contributed by atoms with Crippen LogP contribution in [0.4, 0.5) is 0 Å². The number of aliphatic hydroxyl groups is 1. The van der Waals surface area contributed by atoms with Gasteiger partial charge in [0.05, 0.1) is 13.7 Å². The zero-order valence-corrected chi connectivity index (χ0v) is 22.8. The Bertz CT molecular complexity index is 1280. The van der Waals surface area contributed by atoms with E-state index in [1.165, 1.54) is 4.90 Å². The van der Waals surface area contributed by atoms with Crippen molar-refractivity contribution in [1.29, 1.82) is 0 Å². The van der Waals surface area contributed by atoms with E-state index in [-0.39, 0.29) is 31.2 Å². The molecule has 0 aliphatic heterocycles. The summed E-state index contributed by atoms with van der Waals surface area (Å²) in [7, 11) is 1.58. The lowest BCUT2D eigenvalue weighted by molar-refractivity contribution is -0.148. The van der Waals surface area contributed by atoms with Crippen LogP contribution < -0.4 is 4.74 Å². The van der Waals surface area contributed by atoms with E-state index in [2.05, 4.69) is 0 Å². The average Bonchev–Trinajstić information content (AvgIpc) is 2.93. The summed E-state index contributed by atoms with van der Waals surface area (Å²) in [5, 5.41) is 11.2. The number of nitrogens with zero attached hydrogens (tertiary/aromatic N) is 1. The van der Waals surface area contributed by atoms with Crippen LogP contribution in [0.2, 0.25) is 0 Å². The number of hydrogen-bond donors (Lipinski definition) is 1. The number of allylic oxidation sites excluding steroid dienone is 1. The minimum absolute atomic E-state index is 0.114. The molecule has 204 valence electrons. The van der Waals surface area contributed by atoms with Crippen molar-refractivity contribution in [3.8, 4) is 5.75 Å². The molecular formula is C32H35NO6. The largest absolute Gasteiger partial charge is 0.497 e. The number of benzene rings is 3. The first kappa shape index (κ1) is 29.0. The van der Waals surface area contributed by atoms with Gasteiger partial charge in [-0.15, -0.1) is 0 Å². The quantitative estimate of drug-likeness (QED) is 0.183. The van der Waals surface area contributed by atoms with Gasteiger partial charge in [0.25, 0.3) is 11.9 Å². The normalized spacial score (nSPS) is 12.0. The Labute approximate surface area is 229 Å². The molecule has 0 spiro atoms. The number of amides is 1. The highest BCUT2D eigenvalue weighted by Gasteiger charge is 2.23. The number of carbonyl (C=O) groups excluding carboxylic acids is 2. The molecule has 0 unspecified atom stereocenters. The third kappa shape index (κ3) is 9.70. The van der Waals surface area contributed by atoms with E-state index in [0.29, 0.717) is 5.75 Å². The SMILES string of the molecule is COc1ccc(CN(C(=O)/C=C/C(=O)OC(C)(C)C)C(Cc2ccccc2)=C(O)OCc2ccccc2)cc1. The predicted octanol–water partition coefficient (Wildman–Crippen LogP) is 6.11. The number of carbonyl (C=O) groups is 2. The molecule has 7 nitrogen and oxygen atoms in total. The molecule has 0 aliphatic rings. The maximum atomic E-state index is 13.6. The summed E-state index contributed by atoms with van der Waals surface area (Å²) in [6, 6.07) is 26.1. The van der Waals surface area contributed by atoms with Gasteiger partial charge >= 0.3 is 5.97 Å². The smallest absolute Gasteiger partial charge is 0.331 e. The van der Waals surface area contributed by atoms with E-state index in [1.807, 2.05) is 72.8 Å². The number of aliphatic hydroxyl groups excluding tert-OH is 1. The topological polar surface area (TPSA) is 85.3 Å². The fourth-order valence-electron chi connectivity index (χ4n) is 3.67. The molecule has 3 aromatic carbocycles. The van der Waals surface area contributed by atoms with Crippen LogP contribution >= 0.6 is 0 Å². The maximum absolute atomic E-state index is 13.6. The van der Waals surface area contributed by atoms with Crippen LogP contribution in [0.15, 0.2) is 109 Å². The van der Waals surface area contributed by atoms with E-state index in [9.17, 15) is 14.7 Å². The van der Waals surface area contributed by atoms with E-state index in [1.54, 1.807) is 40.0 Å². The molecule has 0 bridgehead atoms. The average molecular weight is 530 g/mol. The van der Waals surface area contributed by atoms with Crippen molar-refractivity contribution >= 4 is 11.9 Å². The van der Waals surface area contributed by atoms with Crippen molar-refractivity contribution < 1.29 is 28.9 Å². The Kier molecular flexibility index (Phi) is 10.3. The number of esters is 1. The molecule has 0 radical (unpaired) electrons. The monoisotopic (exact) mass is 529 g/mol. The van der Waals surface area contributed by atoms with Gasteiger partial charge in [0, 0.05) is 18.6 Å². The molecular weight excluding hydrogens is 494 g/mol. The Morgan fingerprint density at radius 2 is 1.41 bits per heavy atom. The second-order valence-corrected chi connectivity index (χ2v) is 9.83. The molecule has 0 atom stereocenters. The van der Waals surface area contributed by atoms with Crippen molar-refractivity contribution in [1.82, 2.24) is 4.90 Å². The Balaban J connectivity index is 1.99. The molecule has 7 heteroatoms. The first-order valence-corrected chi connectivity index (χ1v) is 12.6. The molecule has 0 saturated heterocycles. The summed E-state index contributed by atoms with van der Waals surface area (Å²) in [6.45, 7) is 5.48. The lowest BCUT2D eigenvalue weighted by Gasteiger charge is -2.26. The molecule has 1 amide bonds. The van der Waals surface area contributed by atoms with Gasteiger partial charge in [-0.05, 0) is 49.6 Å². The van der Waals surface area contributed by atoms with Crippen LogP contribution in [0.5, 0.6) is 5.75 Å². The van der Waals surface area contributed by atoms with Crippen LogP contribution in [0.3, 0.4) is 0 Å². The second-order valence-electron chi connectivity index (χ2n) is 9.83. The van der Waals surface area contributed by atoms with Gasteiger partial charge in [-0.2, -0.15) is 0 Å². The molecule has 0 saturated carbocycles. The lowest BCUT2D eigenvalue weighted by atomic mass is 10.1. The van der Waals surface area contributed by atoms with Crippen LogP contribution in [0, 0.1) is 0 Å². The van der Waals surface area contributed by atoms with Crippen LogP contribution in [0.1, 0.15) is 37.5 Å². The highest BCUT2D eigenvalue weighted by Crippen LogP contribution is 2.22. The van der Waals surface area contributed by atoms with Gasteiger partial charge < -0.3 is 24.2 Å². The standard InChI is InChI=1S/C32H35NO6/c1-32(2,3)39-30(35)20-19-29(34)33(22-25-15-17-27(37-4)18-16-25)28(21-24-11-7-5-8-12-24)31(36)38-23-26-13-9-6-10-14-26/h5-20,36H,21-23H2,1-4H3/b20-19+,31-28?. The third-order valence-corrected chi connectivity index (χ3v) is 5.54. The summed E-state index contributed by atoms with van der Waals surface area (Å²) in [4.78, 5) is 27.2. The summed E-state index contributed by atoms with van der Waals surface area (Å²) in [5.74, 6) is -0.860. The molecule has 0 fully saturated rings. The number of methoxy groups -OCH3 is 1. The molecule has 3 rings (SSSR count). The summed E-state index contributed by atoms with van der Waals surface area (Å²) < 4.78 is 16.3. The molecule has 39 heavy (non-hydrogen) atoms. The fraction of sp³-hybridized carbons (Fsp3) is 0.250. The van der Waals surface area contributed by atoms with Gasteiger partial charge in [0.15, 0.2) is 0 Å². The minimum Gasteiger partial charge on any atom is -0.497 e. The van der Waals surface area contributed by atoms with Gasteiger partial charge in [-0.3, -0.25) is 4.79 Å². The molecule has 3 aromatic rings. The van der Waals surface area contributed by atoms with Crippen LogP contribution in [-0.4, -0.2) is 34.6 Å². The molecule has 0 heterocycles. The number of hydrogen-bond acceptors (Lipinski definition) is 6. The van der Waals surface area contributed by atoms with Crippen molar-refractivity contribution in [2.24, 2.45) is 0 Å². The lowest BCUT2D eigenvalue weighted by Crippen LogP contribution is -2.31. The Morgan fingerprint density at radius 3 is 1.97 bits per heavy atom. The van der Waals surface area contributed by atoms with Gasteiger partial charge in [-0.25, -0.2) is 4.79 Å². The van der Waals surface area contributed by atoms with Crippen LogP contribution in [-0.2, 0) is 38.6 Å². The van der Waals surface area contributed by atoms with Crippen molar-refractivity contribution in [3.05, 3.63) is 125 Å². The summed E-state index contributed by atoms with van der Waals surface area (Å²) in [5.41, 5.74) is 2.07. The summed E-state index contributed by atoms with van der Waals surface area (Å²) >= 11 is 0. The van der Waals surface area contributed by atoms with E-state index in [4.69, 9.17) is 14.2 Å². The highest BCUT2D eigenvalue weighted by atomic mass is 16.6. The van der Waals surface area contributed by atoms with E-state index >= 15 is 0 Å². The zero-order chi connectivity index (χ0) is 28.3. The maximum Gasteiger partial charge on any atom is 0.331 e. The fourth-order valence-corrected chi connectivity index (χ4v) is 3.67. The van der Waals surface area contributed by atoms with Gasteiger partial charge in [0.2, 0.25) is 0 Å². The van der Waals surface area contributed by atoms with Crippen molar-refractivity contribution in [2.45, 2.75) is 45.9 Å². The third-order valence-electron chi connectivity index (χ3n) is 5.54. The van der Waals surface area contributed by atoms with Crippen molar-refractivity contribution in [3.63, 3.8) is 0 Å². The Morgan fingerprint density at radius 1 is 0.821 bits per heavy atom. The number of rotatable bonds is 11. The minimum atomic E-state index is -0.699. The predicted molar refractivity (Wildman–Crippen MR) is 150 cm³/mol. The van der Waals surface area contributed by atoms with Crippen LogP contribution in [0.25, 0.3) is 0 Å². The highest BCUT2D eigenvalue weighted by molar-refractivity contribution is 5.95. The van der Waals surface area contributed by atoms with E-state index < -0.39 is 17.5 Å². The molecule has 0 aliphatic carbocycles. The molecule has 1 N–H and O–H groups in total. The van der Waals surface area contributed by atoms with E-state index in [0.717, 1.165) is 28.8 Å². The zero-order valence-electron chi connectivity index (χ0n) is 22.8. The van der Waals surface area contributed by atoms with Gasteiger partial charge in [0.1, 0.15) is 23.7 Å². The summed E-state index contributed by atoms with van der Waals surface area (Å²) in [6.07, 6.45) is 2.45. The number of ether oxygens (including phenoxy) is 3. The van der Waals surface area contributed by atoms with Gasteiger partial charge in [-0.1, -0.05) is 72.8 Å². The Hall–Kier alpha value is -4.52. The second kappa shape index (κ2) is 13.9. The van der Waals surface area contributed by atoms with Crippen molar-refractivity contribution in [2.75, 3.05) is 7.11 Å². The first-order chi connectivity index (χ1) is 18.6. The first-order valence-electron chi connectivity index (χ1n) is 12.6.